The topological polar surface area (TPSA) is 55.8 Å². The number of Topliss-reactive ketones (excluding diaryl/α,β-unsaturated/α-hetero) is 2. The quantitative estimate of drug-likeness (QED) is 0.292. The molecule has 6 heteroatoms. The van der Waals surface area contributed by atoms with E-state index in [1.807, 2.05) is 43.3 Å². The van der Waals surface area contributed by atoms with Crippen LogP contribution in [0.1, 0.15) is 68.1 Å². The maximum Gasteiger partial charge on any atom is 0.161 e. The molecule has 6 rings (SSSR count). The van der Waals surface area contributed by atoms with Crippen molar-refractivity contribution in [2.45, 2.75) is 64.5 Å². The van der Waals surface area contributed by atoms with Crippen LogP contribution in [-0.2, 0) is 22.7 Å². The molecular formula is C35H34FNO4. The van der Waals surface area contributed by atoms with Crippen LogP contribution in [-0.4, -0.2) is 23.1 Å². The summed E-state index contributed by atoms with van der Waals surface area (Å²) >= 11 is 0. The molecule has 0 radical (unpaired) electrons. The zero-order chi connectivity index (χ0) is 28.3. The molecule has 41 heavy (non-hydrogen) atoms. The van der Waals surface area contributed by atoms with Crippen molar-refractivity contribution in [3.05, 3.63) is 118 Å². The van der Waals surface area contributed by atoms with Gasteiger partial charge in [0, 0.05) is 47.8 Å². The first kappa shape index (κ1) is 27.0. The normalized spacial score (nSPS) is 17.5. The first-order valence-corrected chi connectivity index (χ1v) is 14.5. The van der Waals surface area contributed by atoms with E-state index in [1.54, 1.807) is 12.1 Å². The summed E-state index contributed by atoms with van der Waals surface area (Å²) in [5, 5.41) is 0. The maximum absolute atomic E-state index is 13.7. The summed E-state index contributed by atoms with van der Waals surface area (Å²) in [6.07, 6.45) is 4.23. The van der Waals surface area contributed by atoms with Crippen LogP contribution in [0.25, 0.3) is 0 Å². The lowest BCUT2D eigenvalue weighted by atomic mass is 9.71. The zero-order valence-corrected chi connectivity index (χ0v) is 23.3. The van der Waals surface area contributed by atoms with Crippen LogP contribution in [0.15, 0.2) is 95.3 Å². The third kappa shape index (κ3) is 5.43. The van der Waals surface area contributed by atoms with Gasteiger partial charge in [-0.2, -0.15) is 0 Å². The van der Waals surface area contributed by atoms with Gasteiger partial charge in [0.2, 0.25) is 0 Å². The summed E-state index contributed by atoms with van der Waals surface area (Å²) in [7, 11) is 0. The lowest BCUT2D eigenvalue weighted by Gasteiger charge is -2.44. The van der Waals surface area contributed by atoms with Gasteiger partial charge in [-0.1, -0.05) is 48.5 Å². The zero-order valence-electron chi connectivity index (χ0n) is 23.3. The molecule has 1 heterocycles. The Kier molecular flexibility index (Phi) is 7.73. The molecule has 210 valence electrons. The van der Waals surface area contributed by atoms with Crippen molar-refractivity contribution in [2.75, 3.05) is 6.61 Å². The first-order chi connectivity index (χ1) is 20.0. The smallest absolute Gasteiger partial charge is 0.161 e. The second kappa shape index (κ2) is 11.7. The van der Waals surface area contributed by atoms with Crippen LogP contribution in [0.3, 0.4) is 0 Å². The molecule has 0 atom stereocenters. The van der Waals surface area contributed by atoms with Crippen LogP contribution in [0, 0.1) is 5.82 Å². The number of halogens is 1. The van der Waals surface area contributed by atoms with Crippen LogP contribution >= 0.6 is 0 Å². The van der Waals surface area contributed by atoms with Crippen LogP contribution in [0.4, 0.5) is 4.39 Å². The molecule has 0 aromatic heterocycles. The average Bonchev–Trinajstić information content (AvgIpc) is 2.99. The van der Waals surface area contributed by atoms with Gasteiger partial charge >= 0.3 is 0 Å². The minimum atomic E-state index is -0.419. The molecule has 0 amide bonds. The Morgan fingerprint density at radius 2 is 1.41 bits per heavy atom. The van der Waals surface area contributed by atoms with Crippen molar-refractivity contribution in [3.63, 3.8) is 0 Å². The van der Waals surface area contributed by atoms with E-state index in [1.165, 1.54) is 12.1 Å². The fraction of sp³-hybridized carbons (Fsp3) is 0.314. The lowest BCUT2D eigenvalue weighted by Crippen LogP contribution is -2.38. The highest BCUT2D eigenvalue weighted by molar-refractivity contribution is 6.06. The summed E-state index contributed by atoms with van der Waals surface area (Å²) in [4.78, 5) is 29.6. The molecule has 0 fully saturated rings. The molecule has 0 unspecified atom stereocenters. The van der Waals surface area contributed by atoms with E-state index in [0.29, 0.717) is 37.5 Å². The Bertz CT molecular complexity index is 1480. The number of ether oxygens (including phenoxy) is 2. The number of hydrogen-bond donors (Lipinski definition) is 0. The summed E-state index contributed by atoms with van der Waals surface area (Å²) in [6, 6.07) is 22.2. The Balaban J connectivity index is 1.41. The molecule has 1 aliphatic heterocycles. The van der Waals surface area contributed by atoms with Crippen LogP contribution in [0.2, 0.25) is 0 Å². The Labute approximate surface area is 240 Å². The molecule has 3 aliphatic rings. The van der Waals surface area contributed by atoms with Crippen molar-refractivity contribution in [1.29, 1.82) is 0 Å². The van der Waals surface area contributed by atoms with E-state index in [-0.39, 0.29) is 24.0 Å². The molecule has 2 aliphatic carbocycles. The minimum absolute atomic E-state index is 0.119. The molecule has 0 saturated carbocycles. The molecule has 5 nitrogen and oxygen atoms in total. The van der Waals surface area contributed by atoms with Gasteiger partial charge in [0.15, 0.2) is 23.1 Å². The lowest BCUT2D eigenvalue weighted by molar-refractivity contribution is -0.117. The molecule has 0 saturated heterocycles. The van der Waals surface area contributed by atoms with E-state index in [9.17, 15) is 14.0 Å². The van der Waals surface area contributed by atoms with Crippen molar-refractivity contribution >= 4 is 11.6 Å². The number of rotatable bonds is 8. The first-order valence-electron chi connectivity index (χ1n) is 14.5. The Morgan fingerprint density at radius 1 is 0.756 bits per heavy atom. The van der Waals surface area contributed by atoms with Crippen molar-refractivity contribution in [3.8, 4) is 11.5 Å². The second-order valence-electron chi connectivity index (χ2n) is 10.8. The largest absolute Gasteiger partial charge is 0.490 e. The third-order valence-electron chi connectivity index (χ3n) is 8.18. The van der Waals surface area contributed by atoms with Gasteiger partial charge in [-0.15, -0.1) is 0 Å². The van der Waals surface area contributed by atoms with Crippen LogP contribution < -0.4 is 9.47 Å². The van der Waals surface area contributed by atoms with Gasteiger partial charge in [-0.05, 0) is 73.6 Å². The highest BCUT2D eigenvalue weighted by atomic mass is 19.1. The monoisotopic (exact) mass is 551 g/mol. The van der Waals surface area contributed by atoms with Gasteiger partial charge in [0.1, 0.15) is 12.4 Å². The Morgan fingerprint density at radius 3 is 2.05 bits per heavy atom. The number of benzene rings is 3. The number of ketones is 2. The predicted molar refractivity (Wildman–Crippen MR) is 155 cm³/mol. The second-order valence-corrected chi connectivity index (χ2v) is 10.8. The molecule has 3 aromatic carbocycles. The summed E-state index contributed by atoms with van der Waals surface area (Å²) in [5.41, 5.74) is 6.48. The molecule has 3 aromatic rings. The standard InChI is InChI=1S/C35H34FNO4/c1-2-40-32-20-25(16-19-31(32)41-22-24-14-17-26(36)18-15-24)33-34-27(10-6-12-29(34)38)37(21-23-8-4-3-5-9-23)28-11-7-13-30(39)35(28)33/h3-5,8-9,14-20,33H,2,6-7,10-13,21-22H2,1H3. The van der Waals surface area contributed by atoms with E-state index in [4.69, 9.17) is 9.47 Å². The van der Waals surface area contributed by atoms with Gasteiger partial charge in [-0.3, -0.25) is 9.59 Å². The number of allylic oxidation sites excluding steroid dienone is 4. The maximum atomic E-state index is 13.7. The van der Waals surface area contributed by atoms with E-state index in [2.05, 4.69) is 17.0 Å². The van der Waals surface area contributed by atoms with Crippen molar-refractivity contribution in [2.24, 2.45) is 0 Å². The summed E-state index contributed by atoms with van der Waals surface area (Å²) < 4.78 is 25.4. The van der Waals surface area contributed by atoms with E-state index in [0.717, 1.165) is 64.9 Å². The average molecular weight is 552 g/mol. The van der Waals surface area contributed by atoms with Gasteiger partial charge in [0.05, 0.1) is 6.61 Å². The number of nitrogens with zero attached hydrogens (tertiary/aromatic N) is 1. The molecule has 0 bridgehead atoms. The van der Waals surface area contributed by atoms with Gasteiger partial charge in [-0.25, -0.2) is 4.39 Å². The molecule has 0 N–H and O–H groups in total. The summed E-state index contributed by atoms with van der Waals surface area (Å²) in [5.74, 6) is 0.657. The van der Waals surface area contributed by atoms with Crippen LogP contribution in [0.5, 0.6) is 11.5 Å². The fourth-order valence-electron chi connectivity index (χ4n) is 6.34. The molecule has 0 spiro atoms. The highest BCUT2D eigenvalue weighted by Crippen LogP contribution is 2.50. The summed E-state index contributed by atoms with van der Waals surface area (Å²) in [6.45, 7) is 3.26. The van der Waals surface area contributed by atoms with Crippen molar-refractivity contribution < 1.29 is 23.5 Å². The number of carbonyl (C=O) groups is 2. The predicted octanol–water partition coefficient (Wildman–Crippen LogP) is 7.42. The van der Waals surface area contributed by atoms with Crippen molar-refractivity contribution in [1.82, 2.24) is 4.90 Å². The SMILES string of the molecule is CCOc1cc(C2C3=C(CCCC3=O)N(Cc3ccccc3)C3=C2C(=O)CCC3)ccc1OCc1ccc(F)cc1. The minimum Gasteiger partial charge on any atom is -0.490 e. The van der Waals surface area contributed by atoms with E-state index >= 15 is 0 Å². The number of hydrogen-bond acceptors (Lipinski definition) is 5. The highest BCUT2D eigenvalue weighted by Gasteiger charge is 2.43. The molecular weight excluding hydrogens is 517 g/mol. The van der Waals surface area contributed by atoms with Gasteiger partial charge in [0.25, 0.3) is 0 Å². The van der Waals surface area contributed by atoms with Gasteiger partial charge < -0.3 is 14.4 Å². The van der Waals surface area contributed by atoms with E-state index < -0.39 is 5.92 Å². The fourth-order valence-corrected chi connectivity index (χ4v) is 6.34. The Hall–Kier alpha value is -4.19. The third-order valence-corrected chi connectivity index (χ3v) is 8.18. The number of carbonyl (C=O) groups excluding carboxylic acids is 2.